The molecule has 0 radical (unpaired) electrons. The summed E-state index contributed by atoms with van der Waals surface area (Å²) in [6.45, 7) is 6.11. The average Bonchev–Trinajstić information content (AvgIpc) is 2.73. The Kier molecular flexibility index (Phi) is 3.74. The van der Waals surface area contributed by atoms with Gasteiger partial charge in [0.2, 0.25) is 0 Å². The van der Waals surface area contributed by atoms with Gasteiger partial charge in [0.25, 0.3) is 0 Å². The fourth-order valence-corrected chi connectivity index (χ4v) is 2.57. The van der Waals surface area contributed by atoms with Crippen LogP contribution in [0.15, 0.2) is 36.4 Å². The molecule has 2 aromatic rings. The van der Waals surface area contributed by atoms with Gasteiger partial charge in [-0.1, -0.05) is 30.3 Å². The largest absolute Gasteiger partial charge is 0.465 e. The van der Waals surface area contributed by atoms with Crippen LogP contribution in [0.3, 0.4) is 0 Å². The van der Waals surface area contributed by atoms with Crippen molar-refractivity contribution in [1.82, 2.24) is 4.57 Å². The van der Waals surface area contributed by atoms with E-state index in [4.69, 9.17) is 4.74 Å². The van der Waals surface area contributed by atoms with Crippen molar-refractivity contribution in [2.24, 2.45) is 0 Å². The van der Waals surface area contributed by atoms with Crippen molar-refractivity contribution < 1.29 is 9.53 Å². The number of ether oxygens (including phenoxy) is 1. The molecular formula is C16H19NO2. The Labute approximate surface area is 113 Å². The number of aryl methyl sites for hydroxylation is 1. The number of methoxy groups -OCH3 is 1. The van der Waals surface area contributed by atoms with Gasteiger partial charge in [0.15, 0.2) is 0 Å². The molecule has 3 nitrogen and oxygen atoms in total. The van der Waals surface area contributed by atoms with Crippen LogP contribution >= 0.6 is 0 Å². The van der Waals surface area contributed by atoms with E-state index in [-0.39, 0.29) is 12.0 Å². The van der Waals surface area contributed by atoms with Crippen LogP contribution in [0.5, 0.6) is 0 Å². The second-order valence-corrected chi connectivity index (χ2v) is 4.73. The molecule has 0 aliphatic rings. The third-order valence-electron chi connectivity index (χ3n) is 3.56. The SMILES string of the molecule is COC(=O)c1cc(C)n([C@H](C)c2ccccc2)c1C. The summed E-state index contributed by atoms with van der Waals surface area (Å²) < 4.78 is 6.99. The third kappa shape index (κ3) is 2.41. The molecule has 2 rings (SSSR count). The van der Waals surface area contributed by atoms with E-state index in [1.54, 1.807) is 0 Å². The average molecular weight is 257 g/mol. The number of esters is 1. The number of aromatic nitrogens is 1. The lowest BCUT2D eigenvalue weighted by molar-refractivity contribution is 0.0599. The van der Waals surface area contributed by atoms with Crippen LogP contribution in [0.25, 0.3) is 0 Å². The molecule has 1 aromatic heterocycles. The van der Waals surface area contributed by atoms with Gasteiger partial charge in [-0.3, -0.25) is 0 Å². The topological polar surface area (TPSA) is 31.2 Å². The third-order valence-corrected chi connectivity index (χ3v) is 3.56. The van der Waals surface area contributed by atoms with Gasteiger partial charge in [-0.2, -0.15) is 0 Å². The molecule has 100 valence electrons. The molecule has 0 unspecified atom stereocenters. The van der Waals surface area contributed by atoms with Crippen LogP contribution < -0.4 is 0 Å². The predicted molar refractivity (Wildman–Crippen MR) is 75.5 cm³/mol. The maximum atomic E-state index is 11.7. The van der Waals surface area contributed by atoms with Crippen molar-refractivity contribution in [3.05, 3.63) is 58.9 Å². The zero-order valence-corrected chi connectivity index (χ0v) is 11.8. The van der Waals surface area contributed by atoms with Crippen molar-refractivity contribution in [2.45, 2.75) is 26.8 Å². The smallest absolute Gasteiger partial charge is 0.339 e. The first kappa shape index (κ1) is 13.4. The first-order chi connectivity index (χ1) is 9.06. The standard InChI is InChI=1S/C16H19NO2/c1-11-10-15(16(18)19-4)13(3)17(11)12(2)14-8-6-5-7-9-14/h5-10,12H,1-4H3/t12-/m1/s1. The lowest BCUT2D eigenvalue weighted by atomic mass is 10.1. The van der Waals surface area contributed by atoms with E-state index in [9.17, 15) is 4.79 Å². The molecule has 0 saturated carbocycles. The van der Waals surface area contributed by atoms with Gasteiger partial charge in [-0.25, -0.2) is 4.79 Å². The molecule has 0 fully saturated rings. The summed E-state index contributed by atoms with van der Waals surface area (Å²) in [4.78, 5) is 11.7. The monoisotopic (exact) mass is 257 g/mol. The number of rotatable bonds is 3. The van der Waals surface area contributed by atoms with Crippen LogP contribution in [0, 0.1) is 13.8 Å². The van der Waals surface area contributed by atoms with Crippen molar-refractivity contribution in [2.75, 3.05) is 7.11 Å². The predicted octanol–water partition coefficient (Wildman–Crippen LogP) is 3.50. The summed E-state index contributed by atoms with van der Waals surface area (Å²) in [7, 11) is 1.41. The second kappa shape index (κ2) is 5.31. The Balaban J connectivity index is 2.46. The number of benzene rings is 1. The van der Waals surface area contributed by atoms with Crippen molar-refractivity contribution in [1.29, 1.82) is 0 Å². The molecule has 0 aliphatic heterocycles. The highest BCUT2D eigenvalue weighted by molar-refractivity contribution is 5.91. The first-order valence-corrected chi connectivity index (χ1v) is 6.38. The quantitative estimate of drug-likeness (QED) is 0.788. The van der Waals surface area contributed by atoms with Gasteiger partial charge in [-0.15, -0.1) is 0 Å². The summed E-state index contributed by atoms with van der Waals surface area (Å²) in [5, 5.41) is 0. The Hall–Kier alpha value is -2.03. The summed E-state index contributed by atoms with van der Waals surface area (Å²) in [5.41, 5.74) is 3.87. The minimum Gasteiger partial charge on any atom is -0.465 e. The van der Waals surface area contributed by atoms with Gasteiger partial charge < -0.3 is 9.30 Å². The highest BCUT2D eigenvalue weighted by Crippen LogP contribution is 2.25. The van der Waals surface area contributed by atoms with E-state index in [1.165, 1.54) is 12.7 Å². The fraction of sp³-hybridized carbons (Fsp3) is 0.312. The number of nitrogens with zero attached hydrogens (tertiary/aromatic N) is 1. The number of hydrogen-bond acceptors (Lipinski definition) is 2. The molecule has 1 aromatic carbocycles. The molecule has 0 amide bonds. The maximum absolute atomic E-state index is 11.7. The molecule has 0 bridgehead atoms. The van der Waals surface area contributed by atoms with Crippen LogP contribution in [-0.4, -0.2) is 17.6 Å². The Morgan fingerprint density at radius 2 is 1.84 bits per heavy atom. The van der Waals surface area contributed by atoms with Crippen LogP contribution in [0.2, 0.25) is 0 Å². The van der Waals surface area contributed by atoms with E-state index < -0.39 is 0 Å². The van der Waals surface area contributed by atoms with Crippen LogP contribution in [0.1, 0.15) is 40.3 Å². The number of carbonyl (C=O) groups is 1. The van der Waals surface area contributed by atoms with Gasteiger partial charge in [-0.05, 0) is 32.4 Å². The maximum Gasteiger partial charge on any atom is 0.339 e. The Morgan fingerprint density at radius 1 is 1.21 bits per heavy atom. The molecular weight excluding hydrogens is 238 g/mol. The van der Waals surface area contributed by atoms with Crippen molar-refractivity contribution in [3.8, 4) is 0 Å². The lowest BCUT2D eigenvalue weighted by Crippen LogP contribution is -2.11. The summed E-state index contributed by atoms with van der Waals surface area (Å²) in [6.07, 6.45) is 0. The minimum atomic E-state index is -0.278. The summed E-state index contributed by atoms with van der Waals surface area (Å²) in [5.74, 6) is -0.278. The molecule has 3 heteroatoms. The summed E-state index contributed by atoms with van der Waals surface area (Å²) >= 11 is 0. The molecule has 1 heterocycles. The van der Waals surface area contributed by atoms with Crippen LogP contribution in [0.4, 0.5) is 0 Å². The van der Waals surface area contributed by atoms with Gasteiger partial charge in [0.1, 0.15) is 0 Å². The molecule has 0 aliphatic carbocycles. The van der Waals surface area contributed by atoms with E-state index in [1.807, 2.05) is 38.1 Å². The molecule has 1 atom stereocenters. The van der Waals surface area contributed by atoms with Gasteiger partial charge in [0, 0.05) is 11.4 Å². The number of hydrogen-bond donors (Lipinski definition) is 0. The Bertz CT molecular complexity index is 584. The fourth-order valence-electron chi connectivity index (χ4n) is 2.57. The number of carbonyl (C=O) groups excluding carboxylic acids is 1. The highest BCUT2D eigenvalue weighted by Gasteiger charge is 2.19. The molecule has 0 spiro atoms. The molecule has 0 N–H and O–H groups in total. The molecule has 0 saturated heterocycles. The molecule has 19 heavy (non-hydrogen) atoms. The van der Waals surface area contributed by atoms with E-state index in [0.29, 0.717) is 5.56 Å². The first-order valence-electron chi connectivity index (χ1n) is 6.38. The normalized spacial score (nSPS) is 12.2. The lowest BCUT2D eigenvalue weighted by Gasteiger charge is -2.19. The second-order valence-electron chi connectivity index (χ2n) is 4.73. The van der Waals surface area contributed by atoms with Gasteiger partial charge >= 0.3 is 5.97 Å². The van der Waals surface area contributed by atoms with Crippen molar-refractivity contribution >= 4 is 5.97 Å². The van der Waals surface area contributed by atoms with Gasteiger partial charge in [0.05, 0.1) is 18.7 Å². The zero-order valence-electron chi connectivity index (χ0n) is 11.8. The van der Waals surface area contributed by atoms with E-state index in [2.05, 4.69) is 23.6 Å². The summed E-state index contributed by atoms with van der Waals surface area (Å²) in [6, 6.07) is 12.3. The van der Waals surface area contributed by atoms with Crippen molar-refractivity contribution in [3.63, 3.8) is 0 Å². The van der Waals surface area contributed by atoms with Crippen LogP contribution in [-0.2, 0) is 4.74 Å². The zero-order chi connectivity index (χ0) is 14.0. The van der Waals surface area contributed by atoms with E-state index >= 15 is 0 Å². The Morgan fingerprint density at radius 3 is 2.42 bits per heavy atom. The minimum absolute atomic E-state index is 0.194. The van der Waals surface area contributed by atoms with E-state index in [0.717, 1.165) is 11.4 Å². The highest BCUT2D eigenvalue weighted by atomic mass is 16.5.